The second-order valence-corrected chi connectivity index (χ2v) is 5.59. The van der Waals surface area contributed by atoms with E-state index in [4.69, 9.17) is 11.6 Å². The Bertz CT molecular complexity index is 1080. The summed E-state index contributed by atoms with van der Waals surface area (Å²) in [5, 5.41) is 13.1. The standard InChI is InChI=1S/C16H11ClN4O4/c1-9-14(16(23)20-7-3-2-4-13(20)18-9)19-15(22)11-6-5-10(21(24)25)8-12(11)17/h2-8H,1H3,(H,19,22). The Labute approximate surface area is 145 Å². The molecule has 0 aliphatic heterocycles. The zero-order chi connectivity index (χ0) is 18.1. The molecule has 0 spiro atoms. The zero-order valence-electron chi connectivity index (χ0n) is 12.9. The Hall–Kier alpha value is -3.26. The number of fused-ring (bicyclic) bond motifs is 1. The van der Waals surface area contributed by atoms with Crippen LogP contribution in [0.3, 0.4) is 0 Å². The number of aromatic nitrogens is 2. The van der Waals surface area contributed by atoms with Crippen LogP contribution in [0.5, 0.6) is 0 Å². The first-order valence-corrected chi connectivity index (χ1v) is 7.49. The monoisotopic (exact) mass is 358 g/mol. The molecule has 0 fully saturated rings. The molecule has 0 unspecified atom stereocenters. The van der Waals surface area contributed by atoms with Crippen molar-refractivity contribution >= 4 is 34.5 Å². The number of nitro groups is 1. The van der Waals surface area contributed by atoms with Crippen LogP contribution < -0.4 is 10.9 Å². The highest BCUT2D eigenvalue weighted by molar-refractivity contribution is 6.34. The number of nitrogens with zero attached hydrogens (tertiary/aromatic N) is 3. The molecule has 3 aromatic rings. The minimum atomic E-state index is -0.655. The number of hydrogen-bond acceptors (Lipinski definition) is 5. The fourth-order valence-corrected chi connectivity index (χ4v) is 2.59. The first-order valence-electron chi connectivity index (χ1n) is 7.12. The Morgan fingerprint density at radius 2 is 2.08 bits per heavy atom. The van der Waals surface area contributed by atoms with Crippen LogP contribution in [0.2, 0.25) is 5.02 Å². The predicted octanol–water partition coefficient (Wildman–Crippen LogP) is 2.82. The summed E-state index contributed by atoms with van der Waals surface area (Å²) < 4.78 is 1.31. The number of amides is 1. The van der Waals surface area contributed by atoms with Crippen LogP contribution in [0.15, 0.2) is 47.4 Å². The molecule has 0 bridgehead atoms. The number of anilines is 1. The Morgan fingerprint density at radius 1 is 1.32 bits per heavy atom. The van der Waals surface area contributed by atoms with Gasteiger partial charge in [0.1, 0.15) is 11.3 Å². The highest BCUT2D eigenvalue weighted by atomic mass is 35.5. The highest BCUT2D eigenvalue weighted by Gasteiger charge is 2.18. The number of rotatable bonds is 3. The van der Waals surface area contributed by atoms with Crippen molar-refractivity contribution in [3.8, 4) is 0 Å². The minimum absolute atomic E-state index is 0.0168. The molecule has 1 N–H and O–H groups in total. The molecule has 8 nitrogen and oxygen atoms in total. The van der Waals surface area contributed by atoms with Crippen molar-refractivity contribution in [1.82, 2.24) is 9.38 Å². The van der Waals surface area contributed by atoms with Gasteiger partial charge in [-0.1, -0.05) is 17.7 Å². The van der Waals surface area contributed by atoms with Gasteiger partial charge < -0.3 is 5.32 Å². The molecular weight excluding hydrogens is 348 g/mol. The molecule has 0 aliphatic carbocycles. The second kappa shape index (κ2) is 6.33. The normalized spacial score (nSPS) is 10.6. The van der Waals surface area contributed by atoms with Crippen molar-refractivity contribution < 1.29 is 9.72 Å². The van der Waals surface area contributed by atoms with Gasteiger partial charge in [-0.05, 0) is 25.1 Å². The Morgan fingerprint density at radius 3 is 2.76 bits per heavy atom. The predicted molar refractivity (Wildman–Crippen MR) is 92.3 cm³/mol. The van der Waals surface area contributed by atoms with Crippen molar-refractivity contribution in [2.24, 2.45) is 0 Å². The fraction of sp³-hybridized carbons (Fsp3) is 0.0625. The molecule has 0 aliphatic rings. The Kier molecular flexibility index (Phi) is 4.20. The molecule has 3 rings (SSSR count). The van der Waals surface area contributed by atoms with Gasteiger partial charge in [0.25, 0.3) is 17.2 Å². The van der Waals surface area contributed by atoms with Crippen molar-refractivity contribution in [2.75, 3.05) is 5.32 Å². The van der Waals surface area contributed by atoms with Gasteiger partial charge in [0.05, 0.1) is 21.2 Å². The summed E-state index contributed by atoms with van der Waals surface area (Å²) in [6.45, 7) is 1.60. The first kappa shape index (κ1) is 16.6. The van der Waals surface area contributed by atoms with Gasteiger partial charge in [-0.15, -0.1) is 0 Å². The smallest absolute Gasteiger partial charge is 0.281 e. The van der Waals surface area contributed by atoms with Crippen LogP contribution in [-0.2, 0) is 0 Å². The SMILES string of the molecule is Cc1nc2ccccn2c(=O)c1NC(=O)c1ccc([N+](=O)[O-])cc1Cl. The lowest BCUT2D eigenvalue weighted by atomic mass is 10.2. The number of halogens is 1. The van der Waals surface area contributed by atoms with Crippen LogP contribution >= 0.6 is 11.6 Å². The number of carbonyl (C=O) groups is 1. The van der Waals surface area contributed by atoms with E-state index in [2.05, 4.69) is 10.3 Å². The number of nitro benzene ring substituents is 1. The molecule has 0 radical (unpaired) electrons. The van der Waals surface area contributed by atoms with Gasteiger partial charge in [-0.2, -0.15) is 0 Å². The third-order valence-corrected chi connectivity index (χ3v) is 3.87. The van der Waals surface area contributed by atoms with Crippen LogP contribution in [0.4, 0.5) is 11.4 Å². The van der Waals surface area contributed by atoms with E-state index in [0.717, 1.165) is 6.07 Å². The molecule has 0 atom stereocenters. The van der Waals surface area contributed by atoms with Gasteiger partial charge in [-0.3, -0.25) is 24.1 Å². The van der Waals surface area contributed by atoms with Crippen LogP contribution in [-0.4, -0.2) is 20.2 Å². The van der Waals surface area contributed by atoms with Gasteiger partial charge in [0, 0.05) is 18.3 Å². The molecule has 25 heavy (non-hydrogen) atoms. The molecule has 0 saturated heterocycles. The van der Waals surface area contributed by atoms with Gasteiger partial charge >= 0.3 is 0 Å². The summed E-state index contributed by atoms with van der Waals surface area (Å²) in [4.78, 5) is 39.3. The lowest BCUT2D eigenvalue weighted by molar-refractivity contribution is -0.384. The van der Waals surface area contributed by atoms with E-state index < -0.39 is 16.4 Å². The summed E-state index contributed by atoms with van der Waals surface area (Å²) in [5.74, 6) is -0.655. The summed E-state index contributed by atoms with van der Waals surface area (Å²) in [6.07, 6.45) is 1.54. The number of carbonyl (C=O) groups excluding carboxylic acids is 1. The molecule has 126 valence electrons. The van der Waals surface area contributed by atoms with Crippen LogP contribution in [0, 0.1) is 17.0 Å². The maximum Gasteiger partial charge on any atom is 0.281 e. The number of aryl methyl sites for hydroxylation is 1. The summed E-state index contributed by atoms with van der Waals surface area (Å²) in [7, 11) is 0. The molecule has 0 saturated carbocycles. The van der Waals surface area contributed by atoms with Crippen LogP contribution in [0.25, 0.3) is 5.65 Å². The first-order chi connectivity index (χ1) is 11.9. The number of pyridine rings is 1. The number of benzene rings is 1. The van der Waals surface area contributed by atoms with Crippen molar-refractivity contribution in [2.45, 2.75) is 6.92 Å². The van der Waals surface area contributed by atoms with Crippen molar-refractivity contribution in [3.63, 3.8) is 0 Å². The maximum atomic E-state index is 12.5. The van der Waals surface area contributed by atoms with Gasteiger partial charge in [-0.25, -0.2) is 4.98 Å². The summed E-state index contributed by atoms with van der Waals surface area (Å²) in [5.41, 5.74) is 0.172. The third kappa shape index (κ3) is 3.07. The lowest BCUT2D eigenvalue weighted by Crippen LogP contribution is -2.25. The number of non-ortho nitro benzene ring substituents is 1. The molecule has 1 aromatic carbocycles. The lowest BCUT2D eigenvalue weighted by Gasteiger charge is -2.10. The third-order valence-electron chi connectivity index (χ3n) is 3.56. The largest absolute Gasteiger partial charge is 0.316 e. The maximum absolute atomic E-state index is 12.5. The number of hydrogen-bond donors (Lipinski definition) is 1. The van der Waals surface area contributed by atoms with Crippen LogP contribution in [0.1, 0.15) is 16.1 Å². The zero-order valence-corrected chi connectivity index (χ0v) is 13.6. The van der Waals surface area contributed by atoms with E-state index in [0.29, 0.717) is 11.3 Å². The van der Waals surface area contributed by atoms with Gasteiger partial charge in [0.2, 0.25) is 0 Å². The topological polar surface area (TPSA) is 107 Å². The van der Waals surface area contributed by atoms with Crippen molar-refractivity contribution in [1.29, 1.82) is 0 Å². The Balaban J connectivity index is 2.00. The fourth-order valence-electron chi connectivity index (χ4n) is 2.33. The average molecular weight is 359 g/mol. The molecule has 9 heteroatoms. The quantitative estimate of drug-likeness (QED) is 0.572. The molecule has 1 amide bonds. The van der Waals surface area contributed by atoms with E-state index in [1.807, 2.05) is 0 Å². The number of nitrogens with one attached hydrogen (secondary N) is 1. The van der Waals surface area contributed by atoms with E-state index in [-0.39, 0.29) is 22.0 Å². The second-order valence-electron chi connectivity index (χ2n) is 5.18. The van der Waals surface area contributed by atoms with E-state index in [9.17, 15) is 19.7 Å². The van der Waals surface area contributed by atoms with E-state index in [1.165, 1.54) is 16.5 Å². The van der Waals surface area contributed by atoms with Crippen molar-refractivity contribution in [3.05, 3.63) is 79.3 Å². The molecule has 2 aromatic heterocycles. The summed E-state index contributed by atoms with van der Waals surface area (Å²) in [6, 6.07) is 8.57. The van der Waals surface area contributed by atoms with E-state index in [1.54, 1.807) is 31.3 Å². The molecule has 2 heterocycles. The van der Waals surface area contributed by atoms with Gasteiger partial charge in [0.15, 0.2) is 0 Å². The minimum Gasteiger partial charge on any atom is -0.316 e. The highest BCUT2D eigenvalue weighted by Crippen LogP contribution is 2.23. The van der Waals surface area contributed by atoms with E-state index >= 15 is 0 Å². The molecular formula is C16H11ClN4O4. The average Bonchev–Trinajstić information content (AvgIpc) is 2.58. The summed E-state index contributed by atoms with van der Waals surface area (Å²) >= 11 is 5.94.